The van der Waals surface area contributed by atoms with Crippen molar-refractivity contribution in [2.45, 2.75) is 32.2 Å². The number of carbonyl (C=O) groups excluding carboxylic acids is 2. The summed E-state index contributed by atoms with van der Waals surface area (Å²) in [5, 5.41) is 8.74. The number of hydrogen-bond donors (Lipinski definition) is 3. The van der Waals surface area contributed by atoms with Crippen molar-refractivity contribution in [1.82, 2.24) is 10.6 Å². The minimum atomic E-state index is -0.234. The maximum absolute atomic E-state index is 12.4. The fraction of sp³-hybridized carbons (Fsp3) is 0.300. The third-order valence-corrected chi connectivity index (χ3v) is 4.37. The second kappa shape index (κ2) is 7.83. The molecule has 2 aromatic carbocycles. The monoisotopic (exact) mass is 337 g/mol. The molecule has 1 aliphatic heterocycles. The van der Waals surface area contributed by atoms with Crippen LogP contribution in [0.3, 0.4) is 0 Å². The predicted octanol–water partition coefficient (Wildman–Crippen LogP) is 3.64. The molecule has 1 unspecified atom stereocenters. The van der Waals surface area contributed by atoms with E-state index in [0.29, 0.717) is 17.8 Å². The van der Waals surface area contributed by atoms with Gasteiger partial charge < -0.3 is 16.0 Å². The molecule has 1 aliphatic rings. The van der Waals surface area contributed by atoms with Crippen molar-refractivity contribution in [2.75, 3.05) is 11.9 Å². The minimum absolute atomic E-state index is 0.0189. The van der Waals surface area contributed by atoms with Gasteiger partial charge >= 0.3 is 6.03 Å². The molecule has 0 fully saturated rings. The van der Waals surface area contributed by atoms with Gasteiger partial charge in [0.15, 0.2) is 0 Å². The highest BCUT2D eigenvalue weighted by molar-refractivity contribution is 5.98. The van der Waals surface area contributed by atoms with Crippen molar-refractivity contribution in [3.8, 4) is 0 Å². The van der Waals surface area contributed by atoms with Gasteiger partial charge in [0.25, 0.3) is 5.91 Å². The third-order valence-electron chi connectivity index (χ3n) is 4.37. The van der Waals surface area contributed by atoms with E-state index in [1.165, 1.54) is 0 Å². The normalized spacial score (nSPS) is 14.2. The summed E-state index contributed by atoms with van der Waals surface area (Å²) in [5.41, 5.74) is 3.45. The Labute approximate surface area is 147 Å². The molecule has 130 valence electrons. The van der Waals surface area contributed by atoms with Crippen LogP contribution in [0.2, 0.25) is 0 Å². The van der Waals surface area contributed by atoms with Crippen LogP contribution in [0.1, 0.15) is 47.3 Å². The second-order valence-electron chi connectivity index (χ2n) is 6.23. The van der Waals surface area contributed by atoms with Gasteiger partial charge in [-0.15, -0.1) is 0 Å². The molecule has 3 rings (SSSR count). The van der Waals surface area contributed by atoms with Crippen molar-refractivity contribution in [3.05, 3.63) is 65.2 Å². The van der Waals surface area contributed by atoms with Crippen LogP contribution in [0, 0.1) is 0 Å². The SMILES string of the molecule is CCCC(NC(=O)Nc1ccc2c(c1)CCNC2=O)c1ccccc1. The molecular formula is C20H23N3O2. The summed E-state index contributed by atoms with van der Waals surface area (Å²) in [6, 6.07) is 15.1. The first-order valence-corrected chi connectivity index (χ1v) is 8.71. The number of hydrogen-bond acceptors (Lipinski definition) is 2. The smallest absolute Gasteiger partial charge is 0.319 e. The van der Waals surface area contributed by atoms with Gasteiger partial charge in [-0.25, -0.2) is 4.79 Å². The molecule has 3 N–H and O–H groups in total. The average Bonchev–Trinajstić information content (AvgIpc) is 2.62. The molecule has 0 spiro atoms. The predicted molar refractivity (Wildman–Crippen MR) is 98.7 cm³/mol. The summed E-state index contributed by atoms with van der Waals surface area (Å²) in [7, 11) is 0. The van der Waals surface area contributed by atoms with E-state index in [1.807, 2.05) is 36.4 Å². The molecular weight excluding hydrogens is 314 g/mol. The molecule has 0 aromatic heterocycles. The zero-order valence-electron chi connectivity index (χ0n) is 14.3. The highest BCUT2D eigenvalue weighted by Gasteiger charge is 2.18. The van der Waals surface area contributed by atoms with E-state index >= 15 is 0 Å². The highest BCUT2D eigenvalue weighted by atomic mass is 16.2. The number of anilines is 1. The molecule has 1 heterocycles. The molecule has 0 saturated carbocycles. The summed E-state index contributed by atoms with van der Waals surface area (Å²) >= 11 is 0. The molecule has 0 bridgehead atoms. The number of benzene rings is 2. The Morgan fingerprint density at radius 2 is 2.00 bits per heavy atom. The van der Waals surface area contributed by atoms with E-state index in [2.05, 4.69) is 22.9 Å². The van der Waals surface area contributed by atoms with Crippen LogP contribution in [-0.2, 0) is 6.42 Å². The molecule has 25 heavy (non-hydrogen) atoms. The number of urea groups is 1. The van der Waals surface area contributed by atoms with Crippen LogP contribution in [0.5, 0.6) is 0 Å². The van der Waals surface area contributed by atoms with Crippen molar-refractivity contribution in [1.29, 1.82) is 0 Å². The van der Waals surface area contributed by atoms with Gasteiger partial charge in [-0.3, -0.25) is 4.79 Å². The number of rotatable bonds is 5. The lowest BCUT2D eigenvalue weighted by molar-refractivity contribution is 0.0946. The standard InChI is InChI=1S/C20H23N3O2/c1-2-6-18(14-7-4-3-5-8-14)23-20(25)22-16-9-10-17-15(13-16)11-12-21-19(17)24/h3-5,7-10,13,18H,2,6,11-12H2,1H3,(H,21,24)(H2,22,23,25). The van der Waals surface area contributed by atoms with Crippen molar-refractivity contribution < 1.29 is 9.59 Å². The van der Waals surface area contributed by atoms with Crippen LogP contribution >= 0.6 is 0 Å². The van der Waals surface area contributed by atoms with Gasteiger partial charge in [-0.05, 0) is 42.2 Å². The Kier molecular flexibility index (Phi) is 5.33. The third kappa shape index (κ3) is 4.18. The Hall–Kier alpha value is -2.82. The number of carbonyl (C=O) groups is 2. The summed E-state index contributed by atoms with van der Waals surface area (Å²) in [6.07, 6.45) is 2.64. The second-order valence-corrected chi connectivity index (χ2v) is 6.23. The summed E-state index contributed by atoms with van der Waals surface area (Å²) in [4.78, 5) is 24.2. The first-order valence-electron chi connectivity index (χ1n) is 8.71. The summed E-state index contributed by atoms with van der Waals surface area (Å²) < 4.78 is 0. The van der Waals surface area contributed by atoms with Crippen molar-refractivity contribution in [2.24, 2.45) is 0 Å². The van der Waals surface area contributed by atoms with E-state index in [0.717, 1.165) is 30.4 Å². The van der Waals surface area contributed by atoms with Crippen molar-refractivity contribution in [3.63, 3.8) is 0 Å². The Bertz CT molecular complexity index is 759. The van der Waals surface area contributed by atoms with E-state index in [-0.39, 0.29) is 18.0 Å². The fourth-order valence-corrected chi connectivity index (χ4v) is 3.13. The molecule has 3 amide bonds. The van der Waals surface area contributed by atoms with Crippen LogP contribution < -0.4 is 16.0 Å². The maximum atomic E-state index is 12.4. The number of amides is 3. The topological polar surface area (TPSA) is 70.2 Å². The highest BCUT2D eigenvalue weighted by Crippen LogP contribution is 2.21. The van der Waals surface area contributed by atoms with Gasteiger partial charge in [0.05, 0.1) is 6.04 Å². The number of fused-ring (bicyclic) bond motifs is 1. The molecule has 5 nitrogen and oxygen atoms in total. The molecule has 0 saturated heterocycles. The van der Waals surface area contributed by atoms with E-state index in [9.17, 15) is 9.59 Å². The Balaban J connectivity index is 1.68. The quantitative estimate of drug-likeness (QED) is 0.779. The van der Waals surface area contributed by atoms with Crippen LogP contribution in [-0.4, -0.2) is 18.5 Å². The number of nitrogens with one attached hydrogen (secondary N) is 3. The molecule has 5 heteroatoms. The van der Waals surface area contributed by atoms with Crippen LogP contribution in [0.4, 0.5) is 10.5 Å². The lowest BCUT2D eigenvalue weighted by Crippen LogP contribution is -2.33. The van der Waals surface area contributed by atoms with E-state index < -0.39 is 0 Å². The minimum Gasteiger partial charge on any atom is -0.352 e. The summed E-state index contributed by atoms with van der Waals surface area (Å²) in [6.45, 7) is 2.73. The Morgan fingerprint density at radius 1 is 1.20 bits per heavy atom. The fourth-order valence-electron chi connectivity index (χ4n) is 3.13. The first-order chi connectivity index (χ1) is 12.2. The largest absolute Gasteiger partial charge is 0.352 e. The van der Waals surface area contributed by atoms with Gasteiger partial charge in [0, 0.05) is 17.8 Å². The Morgan fingerprint density at radius 3 is 2.76 bits per heavy atom. The van der Waals surface area contributed by atoms with Crippen LogP contribution in [0.15, 0.2) is 48.5 Å². The van der Waals surface area contributed by atoms with E-state index in [4.69, 9.17) is 0 Å². The lowest BCUT2D eigenvalue weighted by atomic mass is 10.00. The first kappa shape index (κ1) is 17.0. The van der Waals surface area contributed by atoms with Crippen LogP contribution in [0.25, 0.3) is 0 Å². The molecule has 1 atom stereocenters. The average molecular weight is 337 g/mol. The van der Waals surface area contributed by atoms with Gasteiger partial charge in [0.2, 0.25) is 0 Å². The van der Waals surface area contributed by atoms with E-state index in [1.54, 1.807) is 12.1 Å². The zero-order chi connectivity index (χ0) is 17.6. The maximum Gasteiger partial charge on any atom is 0.319 e. The molecule has 0 aliphatic carbocycles. The molecule has 2 aromatic rings. The zero-order valence-corrected chi connectivity index (χ0v) is 14.3. The molecule has 0 radical (unpaired) electrons. The van der Waals surface area contributed by atoms with Gasteiger partial charge in [0.1, 0.15) is 0 Å². The summed E-state index contributed by atoms with van der Waals surface area (Å²) in [5.74, 6) is -0.0515. The van der Waals surface area contributed by atoms with Crippen molar-refractivity contribution >= 4 is 17.6 Å². The van der Waals surface area contributed by atoms with Gasteiger partial charge in [-0.1, -0.05) is 43.7 Å². The lowest BCUT2D eigenvalue weighted by Gasteiger charge is -2.20. The van der Waals surface area contributed by atoms with Gasteiger partial charge in [-0.2, -0.15) is 0 Å².